The summed E-state index contributed by atoms with van der Waals surface area (Å²) in [6, 6.07) is 14.2. The van der Waals surface area contributed by atoms with Gasteiger partial charge in [0.25, 0.3) is 0 Å². The van der Waals surface area contributed by atoms with Gasteiger partial charge in [-0.05, 0) is 59.9 Å². The molecule has 0 aliphatic heterocycles. The van der Waals surface area contributed by atoms with Crippen LogP contribution in [-0.4, -0.2) is 77.9 Å². The van der Waals surface area contributed by atoms with Crippen molar-refractivity contribution in [2.75, 3.05) is 31.2 Å². The number of ether oxygens (including phenoxy) is 1. The van der Waals surface area contributed by atoms with Crippen LogP contribution in [0.4, 0.5) is 13.6 Å². The van der Waals surface area contributed by atoms with Crippen LogP contribution >= 0.6 is 11.8 Å². The Kier molecular flexibility index (Phi) is 15.1. The van der Waals surface area contributed by atoms with Gasteiger partial charge in [-0.15, -0.1) is 0 Å². The van der Waals surface area contributed by atoms with Crippen LogP contribution in [0.3, 0.4) is 0 Å². The van der Waals surface area contributed by atoms with E-state index in [0.29, 0.717) is 30.9 Å². The van der Waals surface area contributed by atoms with Crippen LogP contribution < -0.4 is 11.1 Å². The van der Waals surface area contributed by atoms with Crippen LogP contribution in [0, 0.1) is 17.0 Å². The number of aliphatic carboxylic acids is 1. The second-order valence-corrected chi connectivity index (χ2v) is 21.5. The van der Waals surface area contributed by atoms with E-state index >= 15 is 4.39 Å². The maximum Gasteiger partial charge on any atom is 0.407 e. The highest BCUT2D eigenvalue weighted by Gasteiger charge is 2.37. The third-order valence-corrected chi connectivity index (χ3v) is 10.8. The number of hydrogen-bond donors (Lipinski definition) is 3. The van der Waals surface area contributed by atoms with Crippen LogP contribution in [0.25, 0.3) is 11.1 Å². The standard InChI is InChI=1S/C37H52F2N4O5SSi/c1-37(2,3)34(32-21-27(29-22-28(38)13-14-30(29)39)24-42(32)23-26-11-8-7-9-12-26)43(33(44)25-49-19-15-31(40)35(45)46)17-10-16-41-36(47)48-18-20-50(4,5)6/h7-9,11-14,21-22,24,31,34H,10,15-20,23,25,40H2,1-6H3,(H,41,47)(H,45,46)/t31?,34-/m0/s1. The Bertz CT molecular complexity index is 1580. The lowest BCUT2D eigenvalue weighted by Gasteiger charge is -2.41. The molecule has 1 aromatic heterocycles. The molecule has 0 bridgehead atoms. The summed E-state index contributed by atoms with van der Waals surface area (Å²) in [5.41, 5.74) is 7.48. The van der Waals surface area contributed by atoms with Crippen molar-refractivity contribution in [1.82, 2.24) is 14.8 Å². The van der Waals surface area contributed by atoms with Gasteiger partial charge in [-0.1, -0.05) is 70.7 Å². The number of nitrogens with one attached hydrogen (secondary N) is 1. The number of benzene rings is 2. The minimum Gasteiger partial charge on any atom is -0.480 e. The molecule has 13 heteroatoms. The molecule has 2 atom stereocenters. The van der Waals surface area contributed by atoms with Gasteiger partial charge in [-0.2, -0.15) is 11.8 Å². The molecule has 274 valence electrons. The predicted molar refractivity (Wildman–Crippen MR) is 199 cm³/mol. The van der Waals surface area contributed by atoms with Crippen molar-refractivity contribution in [2.45, 2.75) is 77.9 Å². The van der Waals surface area contributed by atoms with Crippen molar-refractivity contribution in [3.63, 3.8) is 0 Å². The lowest BCUT2D eigenvalue weighted by atomic mass is 9.83. The Hall–Kier alpha value is -3.68. The van der Waals surface area contributed by atoms with Crippen LogP contribution in [0.15, 0.2) is 60.8 Å². The van der Waals surface area contributed by atoms with E-state index in [-0.39, 0.29) is 36.7 Å². The van der Waals surface area contributed by atoms with Gasteiger partial charge in [-0.3, -0.25) is 9.59 Å². The minimum absolute atomic E-state index is 0.0792. The summed E-state index contributed by atoms with van der Waals surface area (Å²) in [6.07, 6.45) is 1.93. The van der Waals surface area contributed by atoms with E-state index in [1.54, 1.807) is 11.1 Å². The lowest BCUT2D eigenvalue weighted by molar-refractivity contribution is -0.138. The number of carbonyl (C=O) groups excluding carboxylic acids is 2. The average Bonchev–Trinajstić information content (AvgIpc) is 3.43. The number of halogens is 2. The molecule has 3 rings (SSSR count). The first-order chi connectivity index (χ1) is 23.5. The Morgan fingerprint density at radius 2 is 1.78 bits per heavy atom. The maximum absolute atomic E-state index is 15.1. The minimum atomic E-state index is -1.36. The Balaban J connectivity index is 1.97. The summed E-state index contributed by atoms with van der Waals surface area (Å²) >= 11 is 1.31. The molecular weight excluding hydrogens is 679 g/mol. The van der Waals surface area contributed by atoms with Crippen molar-refractivity contribution in [3.8, 4) is 11.1 Å². The number of nitrogens with zero attached hydrogens (tertiary/aromatic N) is 2. The van der Waals surface area contributed by atoms with Gasteiger partial charge in [0.15, 0.2) is 0 Å². The predicted octanol–water partition coefficient (Wildman–Crippen LogP) is 7.39. The van der Waals surface area contributed by atoms with Gasteiger partial charge in [0.05, 0.1) is 18.4 Å². The van der Waals surface area contributed by atoms with E-state index in [0.717, 1.165) is 29.4 Å². The van der Waals surface area contributed by atoms with Gasteiger partial charge < -0.3 is 30.4 Å². The number of rotatable bonds is 18. The molecule has 1 heterocycles. The third kappa shape index (κ3) is 12.9. The quantitative estimate of drug-likeness (QED) is 0.0921. The van der Waals surface area contributed by atoms with E-state index in [1.165, 1.54) is 17.8 Å². The summed E-state index contributed by atoms with van der Waals surface area (Å²) in [7, 11) is -1.36. The SMILES string of the molecule is CC(C)(C)[C@H](c1cc(-c2cc(F)ccc2F)cn1Cc1ccccc1)N(CCCNC(=O)OCC[Si](C)(C)C)C(=O)CSCCC(N)C(=O)O. The Morgan fingerprint density at radius 1 is 1.08 bits per heavy atom. The van der Waals surface area contributed by atoms with Gasteiger partial charge in [-0.25, -0.2) is 13.6 Å². The summed E-state index contributed by atoms with van der Waals surface area (Å²) in [6.45, 7) is 14.0. The molecular formula is C37H52F2N4O5SSi. The zero-order valence-corrected chi connectivity index (χ0v) is 31.8. The number of aromatic nitrogens is 1. The monoisotopic (exact) mass is 730 g/mol. The smallest absolute Gasteiger partial charge is 0.407 e. The highest BCUT2D eigenvalue weighted by atomic mass is 32.2. The van der Waals surface area contributed by atoms with Crippen molar-refractivity contribution in [1.29, 1.82) is 0 Å². The zero-order chi connectivity index (χ0) is 37.1. The van der Waals surface area contributed by atoms with Gasteiger partial charge in [0, 0.05) is 50.7 Å². The molecule has 0 spiro atoms. The number of carboxylic acids is 1. The second kappa shape index (κ2) is 18.5. The van der Waals surface area contributed by atoms with E-state index in [4.69, 9.17) is 15.6 Å². The highest BCUT2D eigenvalue weighted by molar-refractivity contribution is 7.99. The molecule has 0 saturated heterocycles. The van der Waals surface area contributed by atoms with Gasteiger partial charge in [0.2, 0.25) is 5.91 Å². The summed E-state index contributed by atoms with van der Waals surface area (Å²) < 4.78 is 36.8. The summed E-state index contributed by atoms with van der Waals surface area (Å²) in [5, 5.41) is 12.0. The Labute approximate surface area is 300 Å². The molecule has 3 aromatic rings. The largest absolute Gasteiger partial charge is 0.480 e. The fourth-order valence-electron chi connectivity index (χ4n) is 5.53. The topological polar surface area (TPSA) is 127 Å². The first-order valence-electron chi connectivity index (χ1n) is 16.9. The third-order valence-electron chi connectivity index (χ3n) is 8.14. The number of nitrogens with two attached hydrogens (primary N) is 1. The van der Waals surface area contributed by atoms with Gasteiger partial charge >= 0.3 is 12.1 Å². The lowest BCUT2D eigenvalue weighted by Crippen LogP contribution is -2.44. The molecule has 0 saturated carbocycles. The number of hydrogen-bond acceptors (Lipinski definition) is 6. The fourth-order valence-corrected chi connectivity index (χ4v) is 7.15. The number of carboxylic acid groups (broad SMARTS) is 1. The van der Waals surface area contributed by atoms with E-state index in [2.05, 4.69) is 25.0 Å². The molecule has 0 aliphatic rings. The van der Waals surface area contributed by atoms with Crippen LogP contribution in [0.1, 0.15) is 50.9 Å². The molecule has 2 aromatic carbocycles. The van der Waals surface area contributed by atoms with Gasteiger partial charge in [0.1, 0.15) is 17.7 Å². The van der Waals surface area contributed by atoms with Crippen molar-refractivity contribution in [2.24, 2.45) is 11.1 Å². The van der Waals surface area contributed by atoms with E-state index < -0.39 is 49.3 Å². The first kappa shape index (κ1) is 40.7. The van der Waals surface area contributed by atoms with E-state index in [1.807, 2.05) is 61.7 Å². The van der Waals surface area contributed by atoms with Crippen LogP contribution in [0.5, 0.6) is 0 Å². The van der Waals surface area contributed by atoms with Crippen molar-refractivity contribution in [3.05, 3.63) is 83.7 Å². The van der Waals surface area contributed by atoms with Crippen molar-refractivity contribution >= 4 is 37.8 Å². The van der Waals surface area contributed by atoms with E-state index in [9.17, 15) is 18.8 Å². The zero-order valence-electron chi connectivity index (χ0n) is 30.0. The molecule has 4 N–H and O–H groups in total. The normalized spacial score (nSPS) is 13.1. The number of alkyl carbamates (subject to hydrolysis) is 1. The van der Waals surface area contributed by atoms with Crippen molar-refractivity contribution < 1.29 is 33.0 Å². The molecule has 9 nitrogen and oxygen atoms in total. The number of carbonyl (C=O) groups is 3. The average molecular weight is 731 g/mol. The molecule has 0 fully saturated rings. The fraction of sp³-hybridized carbons (Fsp3) is 0.486. The molecule has 2 amide bonds. The molecule has 1 unspecified atom stereocenters. The van der Waals surface area contributed by atoms with Crippen LogP contribution in [0.2, 0.25) is 25.7 Å². The highest BCUT2D eigenvalue weighted by Crippen LogP contribution is 2.41. The second-order valence-electron chi connectivity index (χ2n) is 14.8. The Morgan fingerprint density at radius 3 is 2.42 bits per heavy atom. The number of amides is 2. The molecule has 0 aliphatic carbocycles. The summed E-state index contributed by atoms with van der Waals surface area (Å²) in [5.74, 6) is -1.94. The first-order valence-corrected chi connectivity index (χ1v) is 21.8. The maximum atomic E-state index is 15.1. The molecule has 50 heavy (non-hydrogen) atoms. The molecule has 0 radical (unpaired) electrons. The number of thioether (sulfide) groups is 1. The summed E-state index contributed by atoms with van der Waals surface area (Å²) in [4.78, 5) is 39.5. The van der Waals surface area contributed by atoms with Crippen LogP contribution in [-0.2, 0) is 20.9 Å².